The van der Waals surface area contributed by atoms with Crippen LogP contribution in [0.3, 0.4) is 0 Å². The van der Waals surface area contributed by atoms with Crippen molar-refractivity contribution in [3.05, 3.63) is 41.9 Å². The average molecular weight is 233 g/mol. The number of rotatable bonds is 5. The van der Waals surface area contributed by atoms with Gasteiger partial charge in [0.05, 0.1) is 12.8 Å². The minimum Gasteiger partial charge on any atom is -0.467 e. The van der Waals surface area contributed by atoms with Crippen LogP contribution in [0.1, 0.15) is 31.0 Å². The third-order valence-corrected chi connectivity index (χ3v) is 2.78. The summed E-state index contributed by atoms with van der Waals surface area (Å²) < 4.78 is 7.62. The molecule has 4 heteroatoms. The van der Waals surface area contributed by atoms with Gasteiger partial charge < -0.3 is 14.3 Å². The van der Waals surface area contributed by atoms with Gasteiger partial charge in [0.2, 0.25) is 0 Å². The molecule has 0 saturated heterocycles. The molecule has 0 aliphatic heterocycles. The molecule has 1 N–H and O–H groups in total. The summed E-state index contributed by atoms with van der Waals surface area (Å²) in [5, 5.41) is 3.40. The second kappa shape index (κ2) is 5.19. The van der Waals surface area contributed by atoms with Crippen LogP contribution in [0.5, 0.6) is 0 Å². The summed E-state index contributed by atoms with van der Waals surface area (Å²) in [6.07, 6.45) is 5.53. The first-order valence-electron chi connectivity index (χ1n) is 5.93. The summed E-state index contributed by atoms with van der Waals surface area (Å²) in [5.41, 5.74) is 1.21. The second-order valence-corrected chi connectivity index (χ2v) is 4.51. The van der Waals surface area contributed by atoms with E-state index in [9.17, 15) is 0 Å². The summed E-state index contributed by atoms with van der Waals surface area (Å²) in [5.74, 6) is 2.00. The zero-order valence-corrected chi connectivity index (χ0v) is 10.6. The van der Waals surface area contributed by atoms with E-state index < -0.39 is 0 Å². The number of aryl methyl sites for hydroxylation is 1. The van der Waals surface area contributed by atoms with Gasteiger partial charge in [-0.25, -0.2) is 4.98 Å². The maximum Gasteiger partial charge on any atom is 0.127 e. The topological polar surface area (TPSA) is 43.0 Å². The van der Waals surface area contributed by atoms with E-state index in [-0.39, 0.29) is 0 Å². The first kappa shape index (κ1) is 11.9. The monoisotopic (exact) mass is 233 g/mol. The van der Waals surface area contributed by atoms with Gasteiger partial charge in [0.15, 0.2) is 0 Å². The molecule has 2 aromatic rings. The molecule has 2 rings (SSSR count). The first-order chi connectivity index (χ1) is 8.16. The number of furan rings is 1. The van der Waals surface area contributed by atoms with E-state index in [1.807, 2.05) is 25.4 Å². The van der Waals surface area contributed by atoms with Gasteiger partial charge in [0.1, 0.15) is 11.6 Å². The van der Waals surface area contributed by atoms with Gasteiger partial charge in [-0.3, -0.25) is 0 Å². The second-order valence-electron chi connectivity index (χ2n) is 4.51. The van der Waals surface area contributed by atoms with Crippen LogP contribution in [0.25, 0.3) is 0 Å². The molecule has 92 valence electrons. The molecular weight excluding hydrogens is 214 g/mol. The maximum absolute atomic E-state index is 5.54. The van der Waals surface area contributed by atoms with Crippen LogP contribution in [0, 0.1) is 6.92 Å². The van der Waals surface area contributed by atoms with Crippen LogP contribution in [-0.4, -0.2) is 15.6 Å². The summed E-state index contributed by atoms with van der Waals surface area (Å²) >= 11 is 0. The van der Waals surface area contributed by atoms with Crippen molar-refractivity contribution in [1.29, 1.82) is 0 Å². The molecule has 0 amide bonds. The standard InChI is InChI=1S/C13H19N3O/c1-10(2)15-8-12-4-7-17-13(12)9-16-6-5-14-11(16)3/h4-7,10,15H,8-9H2,1-3H3. The predicted octanol–water partition coefficient (Wildman–Crippen LogP) is 2.33. The highest BCUT2D eigenvalue weighted by Gasteiger charge is 2.08. The van der Waals surface area contributed by atoms with Gasteiger partial charge in [0.25, 0.3) is 0 Å². The van der Waals surface area contributed by atoms with Crippen LogP contribution in [0.15, 0.2) is 29.1 Å². The predicted molar refractivity (Wildman–Crippen MR) is 66.7 cm³/mol. The van der Waals surface area contributed by atoms with Crippen molar-refractivity contribution in [3.8, 4) is 0 Å². The first-order valence-corrected chi connectivity index (χ1v) is 5.93. The molecular formula is C13H19N3O. The van der Waals surface area contributed by atoms with Gasteiger partial charge in [0, 0.05) is 30.5 Å². The molecule has 2 heterocycles. The highest BCUT2D eigenvalue weighted by atomic mass is 16.3. The molecule has 0 atom stereocenters. The lowest BCUT2D eigenvalue weighted by molar-refractivity contribution is 0.480. The number of nitrogens with zero attached hydrogens (tertiary/aromatic N) is 2. The fraction of sp³-hybridized carbons (Fsp3) is 0.462. The van der Waals surface area contributed by atoms with Crippen molar-refractivity contribution in [2.75, 3.05) is 0 Å². The van der Waals surface area contributed by atoms with Crippen molar-refractivity contribution in [3.63, 3.8) is 0 Å². The normalized spacial score (nSPS) is 11.3. The highest BCUT2D eigenvalue weighted by Crippen LogP contribution is 2.13. The lowest BCUT2D eigenvalue weighted by Crippen LogP contribution is -2.22. The summed E-state index contributed by atoms with van der Waals surface area (Å²) in [6.45, 7) is 7.86. The Kier molecular flexibility index (Phi) is 3.64. The molecule has 4 nitrogen and oxygen atoms in total. The van der Waals surface area contributed by atoms with Crippen molar-refractivity contribution < 1.29 is 4.42 Å². The molecule has 0 spiro atoms. The SMILES string of the molecule is Cc1nccn1Cc1occc1CNC(C)C. The number of hydrogen-bond acceptors (Lipinski definition) is 3. The molecule has 0 fully saturated rings. The van der Waals surface area contributed by atoms with Crippen LogP contribution in [-0.2, 0) is 13.1 Å². The molecule has 0 unspecified atom stereocenters. The van der Waals surface area contributed by atoms with Gasteiger partial charge >= 0.3 is 0 Å². The van der Waals surface area contributed by atoms with Gasteiger partial charge in [-0.2, -0.15) is 0 Å². The van der Waals surface area contributed by atoms with Gasteiger partial charge in [-0.05, 0) is 13.0 Å². The average Bonchev–Trinajstić information content (AvgIpc) is 2.87. The maximum atomic E-state index is 5.54. The van der Waals surface area contributed by atoms with Crippen LogP contribution in [0.2, 0.25) is 0 Å². The Bertz CT molecular complexity index is 470. The van der Waals surface area contributed by atoms with E-state index in [0.717, 1.165) is 24.7 Å². The van der Waals surface area contributed by atoms with Crippen LogP contribution >= 0.6 is 0 Å². The van der Waals surface area contributed by atoms with E-state index in [2.05, 4.69) is 28.7 Å². The zero-order valence-electron chi connectivity index (χ0n) is 10.6. The third kappa shape index (κ3) is 2.97. The van der Waals surface area contributed by atoms with Crippen molar-refractivity contribution in [1.82, 2.24) is 14.9 Å². The Morgan fingerprint density at radius 3 is 2.94 bits per heavy atom. The smallest absolute Gasteiger partial charge is 0.127 e. The highest BCUT2D eigenvalue weighted by molar-refractivity contribution is 5.17. The van der Waals surface area contributed by atoms with E-state index in [1.54, 1.807) is 6.26 Å². The Hall–Kier alpha value is -1.55. The molecule has 17 heavy (non-hydrogen) atoms. The van der Waals surface area contributed by atoms with Crippen LogP contribution in [0.4, 0.5) is 0 Å². The van der Waals surface area contributed by atoms with E-state index in [4.69, 9.17) is 4.42 Å². The van der Waals surface area contributed by atoms with Gasteiger partial charge in [-0.1, -0.05) is 13.8 Å². The van der Waals surface area contributed by atoms with Crippen molar-refractivity contribution in [2.45, 2.75) is 39.9 Å². The minimum atomic E-state index is 0.479. The van der Waals surface area contributed by atoms with Crippen molar-refractivity contribution >= 4 is 0 Å². The van der Waals surface area contributed by atoms with E-state index in [0.29, 0.717) is 6.04 Å². The molecule has 0 aliphatic rings. The largest absolute Gasteiger partial charge is 0.467 e. The molecule has 0 aromatic carbocycles. The fourth-order valence-electron chi connectivity index (χ4n) is 1.70. The van der Waals surface area contributed by atoms with Crippen LogP contribution < -0.4 is 5.32 Å². The molecule has 2 aromatic heterocycles. The molecule has 0 radical (unpaired) electrons. The summed E-state index contributed by atoms with van der Waals surface area (Å²) in [4.78, 5) is 4.21. The lowest BCUT2D eigenvalue weighted by Gasteiger charge is -2.09. The Morgan fingerprint density at radius 1 is 1.47 bits per heavy atom. The Balaban J connectivity index is 2.06. The third-order valence-electron chi connectivity index (χ3n) is 2.78. The summed E-state index contributed by atoms with van der Waals surface area (Å²) in [7, 11) is 0. The van der Waals surface area contributed by atoms with Gasteiger partial charge in [-0.15, -0.1) is 0 Å². The Labute approximate surface area is 102 Å². The van der Waals surface area contributed by atoms with Crippen molar-refractivity contribution in [2.24, 2.45) is 0 Å². The number of hydrogen-bond donors (Lipinski definition) is 1. The fourth-order valence-corrected chi connectivity index (χ4v) is 1.70. The zero-order chi connectivity index (χ0) is 12.3. The number of aromatic nitrogens is 2. The molecule has 0 bridgehead atoms. The summed E-state index contributed by atoms with van der Waals surface area (Å²) in [6, 6.07) is 2.50. The van der Waals surface area contributed by atoms with E-state index >= 15 is 0 Å². The minimum absolute atomic E-state index is 0.479. The lowest BCUT2D eigenvalue weighted by atomic mass is 10.2. The molecule has 0 aliphatic carbocycles. The van der Waals surface area contributed by atoms with E-state index in [1.165, 1.54) is 5.56 Å². The molecule has 0 saturated carbocycles. The number of imidazole rings is 1. The Morgan fingerprint density at radius 2 is 2.29 bits per heavy atom. The number of nitrogens with one attached hydrogen (secondary N) is 1. The quantitative estimate of drug-likeness (QED) is 0.862.